The van der Waals surface area contributed by atoms with E-state index in [1.165, 1.54) is 38.9 Å². The predicted molar refractivity (Wildman–Crippen MR) is 526 cm³/mol. The zero-order valence-electron chi connectivity index (χ0n) is 77.5. The van der Waals surface area contributed by atoms with E-state index in [1.807, 2.05) is 113 Å². The number of aryl methyl sites for hydroxylation is 12. The molecule has 0 aliphatic carbocycles. The normalized spacial score (nSPS) is 11.6. The van der Waals surface area contributed by atoms with Gasteiger partial charge < -0.3 is 22.1 Å². The number of halogens is 2. The molecule has 15 heteroatoms. The molecule has 0 spiro atoms. The average Bonchev–Trinajstić information content (AvgIpc) is 1.55. The summed E-state index contributed by atoms with van der Waals surface area (Å²) in [6.07, 6.45) is 16.6. The van der Waals surface area contributed by atoms with Crippen LogP contribution in [-0.4, -0.2) is 15.0 Å². The number of aromatic nitrogens is 8. The fourth-order valence-corrected chi connectivity index (χ4v) is 18.5. The second kappa shape index (κ2) is 35.9. The second-order valence-corrected chi connectivity index (χ2v) is 35.9. The molecule has 0 aliphatic heterocycles. The molecule has 13 nitrogen and oxygen atoms in total. The monoisotopic (exact) mass is 1730 g/mol. The van der Waals surface area contributed by atoms with Gasteiger partial charge in [0.25, 0.3) is 0 Å². The van der Waals surface area contributed by atoms with Crippen LogP contribution in [0.3, 0.4) is 0 Å². The van der Waals surface area contributed by atoms with E-state index in [9.17, 15) is 4.39 Å². The van der Waals surface area contributed by atoms with Gasteiger partial charge in [0, 0.05) is 132 Å². The fraction of sp³-hybridized carbons (Fsp3) is 0.190. The van der Waals surface area contributed by atoms with Gasteiger partial charge in [-0.3, -0.25) is 0 Å². The van der Waals surface area contributed by atoms with Crippen molar-refractivity contribution in [3.8, 4) is 78.5 Å². The van der Waals surface area contributed by atoms with Gasteiger partial charge in [0.05, 0.1) is 27.8 Å². The summed E-state index contributed by atoms with van der Waals surface area (Å²) in [5, 5.41) is 11.1. The van der Waals surface area contributed by atoms with E-state index in [0.29, 0.717) is 23.1 Å². The van der Waals surface area contributed by atoms with E-state index in [-0.39, 0.29) is 23.5 Å². The summed E-state index contributed by atoms with van der Waals surface area (Å²) in [5.41, 5.74) is 34.6. The first kappa shape index (κ1) is 86.8. The van der Waals surface area contributed by atoms with E-state index in [4.69, 9.17) is 22.1 Å². The van der Waals surface area contributed by atoms with Crippen molar-refractivity contribution in [1.29, 1.82) is 0 Å². The summed E-state index contributed by atoms with van der Waals surface area (Å²) in [6.45, 7) is 27.2. The van der Waals surface area contributed by atoms with Crippen molar-refractivity contribution in [3.63, 3.8) is 0 Å². The molecule has 0 saturated carbocycles. The Labute approximate surface area is 761 Å². The minimum atomic E-state index is -0.129. The van der Waals surface area contributed by atoms with Crippen molar-refractivity contribution in [2.75, 3.05) is 0 Å². The van der Waals surface area contributed by atoms with Crippen LogP contribution in [0.15, 0.2) is 314 Å². The molecule has 0 radical (unpaired) electrons. The number of pyridine rings is 8. The molecule has 0 N–H and O–H groups in total. The second-order valence-electron chi connectivity index (χ2n) is 35.9. The first-order valence-corrected chi connectivity index (χ1v) is 44.9. The Kier molecular flexibility index (Phi) is 23.8. The first-order valence-electron chi connectivity index (χ1n) is 44.9. The Balaban J connectivity index is 0.000000112. The zero-order valence-corrected chi connectivity index (χ0v) is 77.5. The maximum atomic E-state index is 15.1. The highest BCUT2D eigenvalue weighted by atomic mass is 19.1. The quantitative estimate of drug-likeness (QED) is 0.117. The van der Waals surface area contributed by atoms with Crippen molar-refractivity contribution in [2.45, 2.75) is 108 Å². The third-order valence-corrected chi connectivity index (χ3v) is 25.3. The van der Waals surface area contributed by atoms with Crippen LogP contribution in [-0.2, 0) is 41.7 Å². The third kappa shape index (κ3) is 16.7. The largest absolute Gasteiger partial charge is 0.455 e. The number of para-hydroxylation sites is 2. The van der Waals surface area contributed by atoms with Crippen LogP contribution in [0.4, 0.5) is 8.78 Å². The van der Waals surface area contributed by atoms with Crippen molar-refractivity contribution in [2.24, 2.45) is 41.2 Å². The Hall–Kier alpha value is -15.0. The molecule has 13 aromatic heterocycles. The maximum absolute atomic E-state index is 15.1. The average molecular weight is 1730 g/mol. The van der Waals surface area contributed by atoms with Crippen LogP contribution in [0, 0.1) is 66.0 Å². The predicted octanol–water partition coefficient (Wildman–Crippen LogP) is 27.8. The molecule has 650 valence electrons. The number of hydrogen-bond donors (Lipinski definition) is 0. The highest BCUT2D eigenvalue weighted by Gasteiger charge is 2.29. The van der Waals surface area contributed by atoms with E-state index < -0.39 is 0 Å². The van der Waals surface area contributed by atoms with Crippen molar-refractivity contribution in [3.05, 3.63) is 359 Å². The molecule has 0 fully saturated rings. The molecular formula is C116H107F2N8O5+5. The summed E-state index contributed by atoms with van der Waals surface area (Å²) in [7, 11) is 10.3. The molecule has 0 amide bonds. The lowest BCUT2D eigenvalue weighted by Crippen LogP contribution is -2.31. The lowest BCUT2D eigenvalue weighted by molar-refractivity contribution is -0.660. The van der Waals surface area contributed by atoms with E-state index in [2.05, 4.69) is 318 Å². The van der Waals surface area contributed by atoms with Crippen LogP contribution >= 0.6 is 0 Å². The van der Waals surface area contributed by atoms with Crippen LogP contribution in [0.1, 0.15) is 109 Å². The summed E-state index contributed by atoms with van der Waals surface area (Å²) in [5.74, 6) is 0.459. The lowest BCUT2D eigenvalue weighted by atomic mass is 9.90. The van der Waals surface area contributed by atoms with Gasteiger partial charge in [-0.1, -0.05) is 145 Å². The van der Waals surface area contributed by atoms with Crippen LogP contribution in [0.25, 0.3) is 189 Å². The summed E-state index contributed by atoms with van der Waals surface area (Å²) < 4.78 is 70.9. The molecule has 0 atom stereocenters. The van der Waals surface area contributed by atoms with Gasteiger partial charge >= 0.3 is 0 Å². The Morgan fingerprint density at radius 2 is 0.656 bits per heavy atom. The standard InChI is InChI=1S/C31H31FNO.C29H27FNO.2C19H17N2O.C18H15N2O/c1-18(2)25-15-22(16-26(19(3)4)30(25)32)21-12-14-27(33(6)17-21)29-20(5)11-13-24-23-9-7-8-10-28(23)34-31(24)29;1-18(2)15-22-16-20(10-13-25(22)30)21-11-14-26(31(4)17-21)28-19(3)9-12-24-23-7-5-6-8-27(23)32-29(24)28;1-12-6-9-16(21(3)11-12)17-13(2)7-8-14-15-5-4-10-20-19(15)22-18(14)17;1-12-8-10-21(3)16(11-12)17-13(2)6-7-14-15-5-4-9-20-19(15)22-18(14)17;1-12-8-9-13-14-6-5-10-19-18(14)21-17(13)16(12)15-7-3-4-11-20(15)2/h7-19H,1-6H3;5-14,16-18H,15H2,1-4H3;2*4-11H,1-3H3;3-11H,1-2H3/q5*+1. The number of hydrogen-bond acceptors (Lipinski definition) is 8. The highest BCUT2D eigenvalue weighted by molar-refractivity contribution is 6.13. The van der Waals surface area contributed by atoms with Crippen molar-refractivity contribution < 1.29 is 53.7 Å². The molecule has 131 heavy (non-hydrogen) atoms. The minimum absolute atomic E-state index is 0.0677. The lowest BCUT2D eigenvalue weighted by Gasteiger charge is -2.16. The van der Waals surface area contributed by atoms with Crippen LogP contribution in [0.5, 0.6) is 0 Å². The van der Waals surface area contributed by atoms with Crippen molar-refractivity contribution >= 4 is 110 Å². The molecule has 22 rings (SSSR count). The molecular weight excluding hydrogens is 1620 g/mol. The molecule has 0 saturated heterocycles. The topological polar surface area (TPSA) is 124 Å². The Morgan fingerprint density at radius 1 is 0.290 bits per heavy atom. The third-order valence-electron chi connectivity index (χ3n) is 25.3. The molecule has 0 aliphatic rings. The van der Waals surface area contributed by atoms with Gasteiger partial charge in [0.15, 0.2) is 47.7 Å². The SMILES string of the molecule is Cc1cc[n+](C)c(-c2c(C)ccc3c2oc2ncccc23)c1.Cc1ccc(-c2c(C)ccc3c2oc2ncccc23)[n+](C)c1.Cc1ccc2c(oc3ccccc32)c1-c1ccc(-c2cc(C(C)C)c(F)c(C(C)C)c2)c[n+]1C.Cc1ccc2c(oc3ccccc32)c1-c1ccc(-c2ccc(F)c(CC(C)C)c2)c[n+]1C.Cc1ccc2c(oc3ncccc32)c1-c1cccc[n+]1C. The number of benzene rings is 9. The maximum Gasteiger partial charge on any atom is 0.227 e. The summed E-state index contributed by atoms with van der Waals surface area (Å²) in [4.78, 5) is 13.0. The molecule has 13 heterocycles. The smallest absolute Gasteiger partial charge is 0.227 e. The number of rotatable bonds is 11. The highest BCUT2D eigenvalue weighted by Crippen LogP contribution is 2.44. The molecule has 22 aromatic rings. The molecule has 0 bridgehead atoms. The summed E-state index contributed by atoms with van der Waals surface area (Å²) in [6, 6.07) is 82.5. The van der Waals surface area contributed by atoms with E-state index in [1.54, 1.807) is 24.7 Å². The fourth-order valence-electron chi connectivity index (χ4n) is 18.5. The zero-order chi connectivity index (χ0) is 91.5. The van der Waals surface area contributed by atoms with Crippen LogP contribution in [0.2, 0.25) is 0 Å². The van der Waals surface area contributed by atoms with Crippen molar-refractivity contribution in [1.82, 2.24) is 15.0 Å². The Morgan fingerprint density at radius 3 is 1.08 bits per heavy atom. The van der Waals surface area contributed by atoms with Gasteiger partial charge in [0.1, 0.15) is 69.2 Å². The number of nitrogens with zero attached hydrogens (tertiary/aromatic N) is 8. The number of fused-ring (bicyclic) bond motifs is 15. The summed E-state index contributed by atoms with van der Waals surface area (Å²) >= 11 is 0. The Bertz CT molecular complexity index is 8180. The van der Waals surface area contributed by atoms with Gasteiger partial charge in [0.2, 0.25) is 45.6 Å². The van der Waals surface area contributed by atoms with E-state index >= 15 is 4.39 Å². The van der Waals surface area contributed by atoms with Gasteiger partial charge in [-0.05, 0) is 231 Å². The molecule has 0 unspecified atom stereocenters. The number of furan rings is 5. The van der Waals surface area contributed by atoms with E-state index in [0.717, 1.165) is 195 Å². The first-order chi connectivity index (χ1) is 63.2. The van der Waals surface area contributed by atoms with Gasteiger partial charge in [-0.2, -0.15) is 0 Å². The minimum Gasteiger partial charge on any atom is -0.455 e. The van der Waals surface area contributed by atoms with Gasteiger partial charge in [-0.15, -0.1) is 0 Å². The van der Waals surface area contributed by atoms with Gasteiger partial charge in [-0.25, -0.2) is 46.6 Å². The van der Waals surface area contributed by atoms with Crippen LogP contribution < -0.4 is 22.8 Å². The molecule has 9 aromatic carbocycles.